The lowest BCUT2D eigenvalue weighted by Crippen LogP contribution is -2.45. The summed E-state index contributed by atoms with van der Waals surface area (Å²) in [7, 11) is 1.58. The first-order valence-corrected chi connectivity index (χ1v) is 10.5. The Morgan fingerprint density at radius 2 is 2.13 bits per heavy atom. The summed E-state index contributed by atoms with van der Waals surface area (Å²) < 4.78 is 11.0. The molecule has 2 atom stereocenters. The van der Waals surface area contributed by atoms with Crippen LogP contribution in [0.25, 0.3) is 0 Å². The number of nitriles is 1. The van der Waals surface area contributed by atoms with Crippen LogP contribution in [0.5, 0.6) is 0 Å². The summed E-state index contributed by atoms with van der Waals surface area (Å²) in [4.78, 5) is 13.7. The van der Waals surface area contributed by atoms with Crippen LogP contribution in [-0.4, -0.2) is 50.6 Å². The van der Waals surface area contributed by atoms with Crippen molar-refractivity contribution in [2.24, 2.45) is 0 Å². The van der Waals surface area contributed by atoms with E-state index in [1.165, 1.54) is 0 Å². The van der Waals surface area contributed by atoms with E-state index in [-0.39, 0.29) is 18.4 Å². The fourth-order valence-electron chi connectivity index (χ4n) is 3.94. The smallest absolute Gasteiger partial charge is 0.304 e. The number of hydrogen-bond donors (Lipinski definition) is 2. The molecule has 0 aromatic heterocycles. The molecular weight excluding hydrogens is 394 g/mol. The van der Waals surface area contributed by atoms with Crippen molar-refractivity contribution in [3.8, 4) is 6.07 Å². The van der Waals surface area contributed by atoms with E-state index < -0.39 is 5.97 Å². The molecule has 2 aromatic carbocycles. The highest BCUT2D eigenvalue weighted by Crippen LogP contribution is 2.35. The van der Waals surface area contributed by atoms with Crippen molar-refractivity contribution in [3.63, 3.8) is 0 Å². The number of methoxy groups -OCH3 is 1. The van der Waals surface area contributed by atoms with E-state index in [4.69, 9.17) is 14.7 Å². The minimum Gasteiger partial charge on any atom is -0.481 e. The summed E-state index contributed by atoms with van der Waals surface area (Å²) in [6, 6.07) is 15.8. The van der Waals surface area contributed by atoms with E-state index in [2.05, 4.69) is 29.3 Å². The Morgan fingerprint density at radius 3 is 2.77 bits per heavy atom. The van der Waals surface area contributed by atoms with E-state index in [9.17, 15) is 9.90 Å². The normalized spacial score (nSPS) is 17.1. The number of carboxylic acid groups (broad SMARTS) is 1. The first kappa shape index (κ1) is 22.6. The average Bonchev–Trinajstić information content (AvgIpc) is 2.79. The molecule has 1 unspecified atom stereocenters. The van der Waals surface area contributed by atoms with Gasteiger partial charge >= 0.3 is 5.97 Å². The SMILES string of the molecule is CCC1COCCN1c1ccc([C@H](COC)CC(=O)O)cc1Nc1ccc(C#N)cc1. The molecule has 1 fully saturated rings. The van der Waals surface area contributed by atoms with Crippen molar-refractivity contribution in [3.05, 3.63) is 53.6 Å². The van der Waals surface area contributed by atoms with Crippen LogP contribution >= 0.6 is 0 Å². The largest absolute Gasteiger partial charge is 0.481 e. The van der Waals surface area contributed by atoms with Gasteiger partial charge in [-0.1, -0.05) is 13.0 Å². The highest BCUT2D eigenvalue weighted by Gasteiger charge is 2.25. The first-order valence-electron chi connectivity index (χ1n) is 10.5. The molecule has 164 valence electrons. The molecule has 1 aliphatic heterocycles. The maximum absolute atomic E-state index is 11.4. The standard InChI is InChI=1S/C24H29N3O4/c1-3-21-16-31-11-10-27(21)23-9-6-18(19(15-30-2)13-24(28)29)12-22(23)26-20-7-4-17(14-25)5-8-20/h4-9,12,19,21,26H,3,10-11,13,15-16H2,1-2H3,(H,28,29)/t19-,21?/m0/s1. The first-order chi connectivity index (χ1) is 15.0. The fourth-order valence-corrected chi connectivity index (χ4v) is 3.94. The number of rotatable bonds is 9. The lowest BCUT2D eigenvalue weighted by atomic mass is 9.95. The van der Waals surface area contributed by atoms with Gasteiger partial charge in [0.2, 0.25) is 0 Å². The molecule has 0 aliphatic carbocycles. The zero-order valence-electron chi connectivity index (χ0n) is 18.0. The summed E-state index contributed by atoms with van der Waals surface area (Å²) in [5.41, 5.74) is 4.31. The van der Waals surface area contributed by atoms with Gasteiger partial charge in [0.15, 0.2) is 0 Å². The Morgan fingerprint density at radius 1 is 1.35 bits per heavy atom. The number of carbonyl (C=O) groups is 1. The molecular formula is C24H29N3O4. The number of anilines is 3. The van der Waals surface area contributed by atoms with Gasteiger partial charge < -0.3 is 24.8 Å². The Bertz CT molecular complexity index is 923. The van der Waals surface area contributed by atoms with Crippen molar-refractivity contribution >= 4 is 23.0 Å². The zero-order chi connectivity index (χ0) is 22.2. The molecule has 31 heavy (non-hydrogen) atoms. The second-order valence-electron chi connectivity index (χ2n) is 7.67. The molecule has 2 N–H and O–H groups in total. The summed E-state index contributed by atoms with van der Waals surface area (Å²) in [5, 5.41) is 21.9. The number of benzene rings is 2. The molecule has 7 nitrogen and oxygen atoms in total. The molecule has 7 heteroatoms. The zero-order valence-corrected chi connectivity index (χ0v) is 18.0. The Hall–Kier alpha value is -3.08. The molecule has 0 amide bonds. The monoisotopic (exact) mass is 423 g/mol. The number of carboxylic acids is 1. The number of nitrogens with zero attached hydrogens (tertiary/aromatic N) is 2. The number of nitrogens with one attached hydrogen (secondary N) is 1. The van der Waals surface area contributed by atoms with Crippen molar-refractivity contribution in [1.82, 2.24) is 0 Å². The Labute approximate surface area is 183 Å². The Kier molecular flexibility index (Phi) is 7.88. The van der Waals surface area contributed by atoms with Crippen LogP contribution in [0, 0.1) is 11.3 Å². The van der Waals surface area contributed by atoms with Gasteiger partial charge in [-0.3, -0.25) is 4.79 Å². The van der Waals surface area contributed by atoms with Crippen molar-refractivity contribution in [2.75, 3.05) is 43.7 Å². The summed E-state index contributed by atoms with van der Waals surface area (Å²) in [6.45, 7) is 4.61. The van der Waals surface area contributed by atoms with Gasteiger partial charge in [0.05, 0.1) is 55.3 Å². The van der Waals surface area contributed by atoms with Gasteiger partial charge in [-0.15, -0.1) is 0 Å². The van der Waals surface area contributed by atoms with E-state index in [0.717, 1.165) is 35.6 Å². The van der Waals surface area contributed by atoms with Gasteiger partial charge in [0, 0.05) is 25.3 Å². The number of ether oxygens (including phenoxy) is 2. The molecule has 2 aromatic rings. The maximum atomic E-state index is 11.4. The topological polar surface area (TPSA) is 94.8 Å². The third kappa shape index (κ3) is 5.75. The third-order valence-corrected chi connectivity index (χ3v) is 5.58. The van der Waals surface area contributed by atoms with Crippen LogP contribution in [0.2, 0.25) is 0 Å². The van der Waals surface area contributed by atoms with E-state index in [0.29, 0.717) is 25.4 Å². The molecule has 0 radical (unpaired) electrons. The minimum atomic E-state index is -0.855. The molecule has 0 bridgehead atoms. The van der Waals surface area contributed by atoms with E-state index in [1.807, 2.05) is 24.3 Å². The van der Waals surface area contributed by atoms with E-state index in [1.54, 1.807) is 19.2 Å². The van der Waals surface area contributed by atoms with E-state index >= 15 is 0 Å². The molecule has 0 spiro atoms. The van der Waals surface area contributed by atoms with Crippen LogP contribution < -0.4 is 10.2 Å². The predicted octanol–water partition coefficient (Wildman–Crippen LogP) is 4.12. The second-order valence-corrected chi connectivity index (χ2v) is 7.67. The van der Waals surface area contributed by atoms with Gasteiger partial charge in [0.25, 0.3) is 0 Å². The number of morpholine rings is 1. The molecule has 1 heterocycles. The van der Waals surface area contributed by atoms with Gasteiger partial charge in [-0.2, -0.15) is 5.26 Å². The summed E-state index contributed by atoms with van der Waals surface area (Å²) in [5.74, 6) is -1.10. The maximum Gasteiger partial charge on any atom is 0.304 e. The minimum absolute atomic E-state index is 0.00136. The lowest BCUT2D eigenvalue weighted by Gasteiger charge is -2.38. The van der Waals surface area contributed by atoms with Crippen LogP contribution in [0.3, 0.4) is 0 Å². The second kappa shape index (κ2) is 10.8. The highest BCUT2D eigenvalue weighted by atomic mass is 16.5. The fraction of sp³-hybridized carbons (Fsp3) is 0.417. The summed E-state index contributed by atoms with van der Waals surface area (Å²) >= 11 is 0. The quantitative estimate of drug-likeness (QED) is 0.626. The molecule has 1 aliphatic rings. The van der Waals surface area contributed by atoms with Gasteiger partial charge in [-0.25, -0.2) is 0 Å². The van der Waals surface area contributed by atoms with Gasteiger partial charge in [0.1, 0.15) is 0 Å². The van der Waals surface area contributed by atoms with Crippen LogP contribution in [0.1, 0.15) is 36.8 Å². The van der Waals surface area contributed by atoms with Crippen LogP contribution in [0.4, 0.5) is 17.1 Å². The lowest BCUT2D eigenvalue weighted by molar-refractivity contribution is -0.137. The van der Waals surface area contributed by atoms with Crippen LogP contribution in [-0.2, 0) is 14.3 Å². The number of aliphatic carboxylic acids is 1. The van der Waals surface area contributed by atoms with Crippen molar-refractivity contribution in [1.29, 1.82) is 5.26 Å². The highest BCUT2D eigenvalue weighted by molar-refractivity contribution is 5.77. The predicted molar refractivity (Wildman–Crippen MR) is 120 cm³/mol. The van der Waals surface area contributed by atoms with Crippen molar-refractivity contribution < 1.29 is 19.4 Å². The Balaban J connectivity index is 2.00. The number of hydrogen-bond acceptors (Lipinski definition) is 6. The van der Waals surface area contributed by atoms with Crippen LogP contribution in [0.15, 0.2) is 42.5 Å². The summed E-state index contributed by atoms with van der Waals surface area (Å²) in [6.07, 6.45) is 0.960. The third-order valence-electron chi connectivity index (χ3n) is 5.58. The van der Waals surface area contributed by atoms with Gasteiger partial charge in [-0.05, 0) is 48.4 Å². The van der Waals surface area contributed by atoms with Crippen molar-refractivity contribution in [2.45, 2.75) is 31.7 Å². The average molecular weight is 424 g/mol. The molecule has 1 saturated heterocycles. The molecule has 3 rings (SSSR count). The molecule has 0 saturated carbocycles.